The van der Waals surface area contributed by atoms with Crippen molar-refractivity contribution in [2.75, 3.05) is 18.5 Å². The number of ketones is 1. The number of benzene rings is 2. The number of anilines is 1. The van der Waals surface area contributed by atoms with Crippen LogP contribution in [0, 0.1) is 0 Å². The van der Waals surface area contributed by atoms with E-state index >= 15 is 0 Å². The smallest absolute Gasteiger partial charge is 0.262 e. The lowest BCUT2D eigenvalue weighted by Gasteiger charge is -2.12. The highest BCUT2D eigenvalue weighted by Crippen LogP contribution is 2.26. The van der Waals surface area contributed by atoms with E-state index in [0.29, 0.717) is 29.4 Å². The second-order valence-electron chi connectivity index (χ2n) is 5.27. The minimum atomic E-state index is -0.305. The summed E-state index contributed by atoms with van der Waals surface area (Å²) in [6.07, 6.45) is 0.890. The Morgan fingerprint density at radius 3 is 2.38 bits per heavy atom. The number of rotatable bonds is 8. The van der Waals surface area contributed by atoms with Crippen LogP contribution in [0.3, 0.4) is 0 Å². The highest BCUT2D eigenvalue weighted by molar-refractivity contribution is 5.97. The molecule has 1 amide bonds. The van der Waals surface area contributed by atoms with Gasteiger partial charge in [0.05, 0.1) is 6.61 Å². The van der Waals surface area contributed by atoms with Crippen molar-refractivity contribution < 1.29 is 19.1 Å². The van der Waals surface area contributed by atoms with Crippen LogP contribution in [-0.4, -0.2) is 24.9 Å². The molecule has 0 radical (unpaired) electrons. The van der Waals surface area contributed by atoms with Gasteiger partial charge in [-0.2, -0.15) is 0 Å². The molecule has 5 nitrogen and oxygen atoms in total. The zero-order chi connectivity index (χ0) is 17.4. The first-order valence-electron chi connectivity index (χ1n) is 7.85. The van der Waals surface area contributed by atoms with E-state index < -0.39 is 0 Å². The quantitative estimate of drug-likeness (QED) is 0.751. The molecule has 0 saturated carbocycles. The highest BCUT2D eigenvalue weighted by Gasteiger charge is 2.09. The fourth-order valence-corrected chi connectivity index (χ4v) is 2.06. The van der Waals surface area contributed by atoms with Gasteiger partial charge in [0, 0.05) is 11.3 Å². The molecule has 2 rings (SSSR count). The third kappa shape index (κ3) is 5.12. The van der Waals surface area contributed by atoms with Gasteiger partial charge in [0.1, 0.15) is 0 Å². The third-order valence-electron chi connectivity index (χ3n) is 3.22. The lowest BCUT2D eigenvalue weighted by Crippen LogP contribution is -2.20. The summed E-state index contributed by atoms with van der Waals surface area (Å²) in [6.45, 7) is 3.95. The maximum Gasteiger partial charge on any atom is 0.262 e. The summed E-state index contributed by atoms with van der Waals surface area (Å²) < 4.78 is 11.1. The second-order valence-corrected chi connectivity index (χ2v) is 5.27. The molecule has 0 aromatic heterocycles. The van der Waals surface area contributed by atoms with Crippen molar-refractivity contribution in [3.05, 3.63) is 54.1 Å². The Bertz CT molecular complexity index is 712. The highest BCUT2D eigenvalue weighted by atomic mass is 16.5. The van der Waals surface area contributed by atoms with Gasteiger partial charge in [-0.05, 0) is 37.6 Å². The van der Waals surface area contributed by atoms with Crippen molar-refractivity contribution in [2.45, 2.75) is 20.3 Å². The van der Waals surface area contributed by atoms with Crippen molar-refractivity contribution in [1.29, 1.82) is 0 Å². The number of hydrogen-bond donors (Lipinski definition) is 1. The van der Waals surface area contributed by atoms with Gasteiger partial charge in [-0.1, -0.05) is 31.2 Å². The maximum absolute atomic E-state index is 12.0. The maximum atomic E-state index is 12.0. The summed E-state index contributed by atoms with van der Waals surface area (Å²) >= 11 is 0. The van der Waals surface area contributed by atoms with Crippen LogP contribution < -0.4 is 14.8 Å². The molecule has 0 spiro atoms. The Balaban J connectivity index is 1.94. The van der Waals surface area contributed by atoms with Crippen LogP contribution in [0.2, 0.25) is 0 Å². The fourth-order valence-electron chi connectivity index (χ4n) is 2.06. The minimum Gasteiger partial charge on any atom is -0.490 e. The molecular weight excluding hydrogens is 306 g/mol. The summed E-state index contributed by atoms with van der Waals surface area (Å²) in [4.78, 5) is 23.4. The number of carbonyl (C=O) groups is 2. The monoisotopic (exact) mass is 327 g/mol. The van der Waals surface area contributed by atoms with Crippen LogP contribution in [0.5, 0.6) is 11.5 Å². The average molecular weight is 327 g/mol. The summed E-state index contributed by atoms with van der Waals surface area (Å²) in [7, 11) is 0. The summed E-state index contributed by atoms with van der Waals surface area (Å²) in [5, 5.41) is 2.71. The second kappa shape index (κ2) is 8.72. The number of hydrogen-bond acceptors (Lipinski definition) is 4. The largest absolute Gasteiger partial charge is 0.490 e. The van der Waals surface area contributed by atoms with Gasteiger partial charge in [0.25, 0.3) is 5.91 Å². The van der Waals surface area contributed by atoms with Gasteiger partial charge in [-0.3, -0.25) is 9.59 Å². The van der Waals surface area contributed by atoms with Crippen LogP contribution in [0.1, 0.15) is 30.6 Å². The number of amides is 1. The first-order chi connectivity index (χ1) is 11.6. The number of carbonyl (C=O) groups excluding carboxylic acids is 2. The third-order valence-corrected chi connectivity index (χ3v) is 3.22. The van der Waals surface area contributed by atoms with Gasteiger partial charge >= 0.3 is 0 Å². The van der Waals surface area contributed by atoms with Crippen LogP contribution in [-0.2, 0) is 4.79 Å². The molecule has 0 atom stereocenters. The Labute approximate surface area is 141 Å². The van der Waals surface area contributed by atoms with Crippen molar-refractivity contribution in [3.8, 4) is 11.5 Å². The number of nitrogens with one attached hydrogen (secondary N) is 1. The molecule has 0 aliphatic rings. The number of ether oxygens (including phenoxy) is 2. The van der Waals surface area contributed by atoms with Gasteiger partial charge in [0.2, 0.25) is 0 Å². The molecule has 0 unspecified atom stereocenters. The van der Waals surface area contributed by atoms with Crippen molar-refractivity contribution >= 4 is 17.4 Å². The average Bonchev–Trinajstić information content (AvgIpc) is 2.59. The van der Waals surface area contributed by atoms with Crippen molar-refractivity contribution in [1.82, 2.24) is 0 Å². The molecule has 0 bridgehead atoms. The topological polar surface area (TPSA) is 64.6 Å². The van der Waals surface area contributed by atoms with E-state index in [0.717, 1.165) is 6.42 Å². The first-order valence-corrected chi connectivity index (χ1v) is 7.85. The van der Waals surface area contributed by atoms with E-state index in [1.54, 1.807) is 36.4 Å². The zero-order valence-corrected chi connectivity index (χ0v) is 13.9. The van der Waals surface area contributed by atoms with E-state index in [2.05, 4.69) is 5.32 Å². The van der Waals surface area contributed by atoms with E-state index in [1.807, 2.05) is 19.1 Å². The molecule has 24 heavy (non-hydrogen) atoms. The molecule has 2 aromatic rings. The minimum absolute atomic E-state index is 0.0515. The van der Waals surface area contributed by atoms with Crippen molar-refractivity contribution in [3.63, 3.8) is 0 Å². The summed E-state index contributed by atoms with van der Waals surface area (Å²) in [6, 6.07) is 14.0. The fraction of sp³-hybridized carbons (Fsp3) is 0.263. The Hall–Kier alpha value is -2.82. The van der Waals surface area contributed by atoms with Crippen LogP contribution in [0.25, 0.3) is 0 Å². The van der Waals surface area contributed by atoms with E-state index in [-0.39, 0.29) is 18.3 Å². The Morgan fingerprint density at radius 2 is 1.71 bits per heavy atom. The molecule has 0 aliphatic heterocycles. The van der Waals surface area contributed by atoms with Gasteiger partial charge < -0.3 is 14.8 Å². The number of Topliss-reactive ketones (excluding diaryl/α,β-unsaturated/α-hetero) is 1. The molecule has 0 heterocycles. The standard InChI is InChI=1S/C19H21NO4/c1-3-11-23-17-9-4-5-10-18(17)24-13-19(22)20-16-8-6-7-15(12-16)14(2)21/h4-10,12H,3,11,13H2,1-2H3,(H,20,22). The van der Waals surface area contributed by atoms with Crippen LogP contribution in [0.15, 0.2) is 48.5 Å². The zero-order valence-electron chi connectivity index (χ0n) is 13.9. The van der Waals surface area contributed by atoms with Gasteiger partial charge in [0.15, 0.2) is 23.9 Å². The van der Waals surface area contributed by atoms with Crippen LogP contribution >= 0.6 is 0 Å². The lowest BCUT2D eigenvalue weighted by molar-refractivity contribution is -0.118. The normalized spacial score (nSPS) is 10.1. The van der Waals surface area contributed by atoms with E-state index in [4.69, 9.17) is 9.47 Å². The van der Waals surface area contributed by atoms with Crippen molar-refractivity contribution in [2.24, 2.45) is 0 Å². The summed E-state index contributed by atoms with van der Waals surface area (Å²) in [5.41, 5.74) is 1.11. The predicted molar refractivity (Wildman–Crippen MR) is 92.8 cm³/mol. The van der Waals surface area contributed by atoms with E-state index in [9.17, 15) is 9.59 Å². The van der Waals surface area contributed by atoms with E-state index in [1.165, 1.54) is 6.92 Å². The molecule has 0 aliphatic carbocycles. The molecule has 1 N–H and O–H groups in total. The lowest BCUT2D eigenvalue weighted by atomic mass is 10.1. The Morgan fingerprint density at radius 1 is 1.00 bits per heavy atom. The Kier molecular flexibility index (Phi) is 6.37. The number of para-hydroxylation sites is 2. The molecule has 0 fully saturated rings. The predicted octanol–water partition coefficient (Wildman–Crippen LogP) is 3.70. The SMILES string of the molecule is CCCOc1ccccc1OCC(=O)Nc1cccc(C(C)=O)c1. The van der Waals surface area contributed by atoms with Gasteiger partial charge in [-0.15, -0.1) is 0 Å². The van der Waals surface area contributed by atoms with Crippen LogP contribution in [0.4, 0.5) is 5.69 Å². The van der Waals surface area contributed by atoms with Gasteiger partial charge in [-0.25, -0.2) is 0 Å². The molecule has 0 saturated heterocycles. The molecular formula is C19H21NO4. The molecule has 126 valence electrons. The first kappa shape index (κ1) is 17.5. The molecule has 2 aromatic carbocycles. The summed E-state index contributed by atoms with van der Waals surface area (Å²) in [5.74, 6) is 0.787. The molecule has 5 heteroatoms.